The van der Waals surface area contributed by atoms with Gasteiger partial charge in [-0.1, -0.05) is 69.9 Å². The first kappa shape index (κ1) is 16.5. The van der Waals surface area contributed by atoms with Crippen LogP contribution in [0.3, 0.4) is 0 Å². The largest absolute Gasteiger partial charge is 0.313 e. The highest BCUT2D eigenvalue weighted by Crippen LogP contribution is 2.37. The van der Waals surface area contributed by atoms with Crippen LogP contribution in [0.4, 0.5) is 0 Å². The predicted molar refractivity (Wildman–Crippen MR) is 92.9 cm³/mol. The van der Waals surface area contributed by atoms with E-state index in [9.17, 15) is 0 Å². The first-order valence-corrected chi connectivity index (χ1v) is 8.80. The van der Waals surface area contributed by atoms with Gasteiger partial charge in [0.2, 0.25) is 0 Å². The number of hydrogen-bond donors (Lipinski definition) is 1. The zero-order valence-corrected chi connectivity index (χ0v) is 14.4. The molecule has 0 saturated heterocycles. The number of benzene rings is 1. The van der Waals surface area contributed by atoms with Crippen LogP contribution in [-0.4, -0.2) is 12.6 Å². The Hall–Kier alpha value is -0.820. The SMILES string of the molecule is CCCCCC(C)(C)CNC1CC(c2cccc(C)c2)C1. The van der Waals surface area contributed by atoms with E-state index in [2.05, 4.69) is 57.3 Å². The minimum atomic E-state index is 0.448. The number of unbranched alkanes of at least 4 members (excludes halogenated alkanes) is 2. The molecule has 0 spiro atoms. The molecule has 118 valence electrons. The van der Waals surface area contributed by atoms with Gasteiger partial charge in [0.15, 0.2) is 0 Å². The Morgan fingerprint density at radius 3 is 2.62 bits per heavy atom. The number of aryl methyl sites for hydroxylation is 1. The van der Waals surface area contributed by atoms with E-state index in [1.807, 2.05) is 0 Å². The summed E-state index contributed by atoms with van der Waals surface area (Å²) in [6.45, 7) is 10.5. The van der Waals surface area contributed by atoms with E-state index >= 15 is 0 Å². The lowest BCUT2D eigenvalue weighted by Crippen LogP contribution is -2.44. The molecule has 0 aromatic heterocycles. The molecule has 0 heterocycles. The third kappa shape index (κ3) is 5.14. The summed E-state index contributed by atoms with van der Waals surface area (Å²) in [6, 6.07) is 9.78. The maximum Gasteiger partial charge on any atom is 0.00789 e. The lowest BCUT2D eigenvalue weighted by atomic mass is 9.75. The van der Waals surface area contributed by atoms with Crippen LogP contribution in [-0.2, 0) is 0 Å². The van der Waals surface area contributed by atoms with E-state index in [-0.39, 0.29) is 0 Å². The fourth-order valence-electron chi connectivity index (χ4n) is 3.34. The van der Waals surface area contributed by atoms with Crippen LogP contribution in [0.2, 0.25) is 0 Å². The minimum Gasteiger partial charge on any atom is -0.313 e. The van der Waals surface area contributed by atoms with Crippen molar-refractivity contribution in [1.29, 1.82) is 0 Å². The van der Waals surface area contributed by atoms with Crippen molar-refractivity contribution in [3.8, 4) is 0 Å². The Labute approximate surface area is 131 Å². The highest BCUT2D eigenvalue weighted by Gasteiger charge is 2.31. The fourth-order valence-corrected chi connectivity index (χ4v) is 3.34. The van der Waals surface area contributed by atoms with Crippen LogP contribution >= 0.6 is 0 Å². The maximum absolute atomic E-state index is 3.80. The van der Waals surface area contributed by atoms with Crippen molar-refractivity contribution in [1.82, 2.24) is 5.32 Å². The van der Waals surface area contributed by atoms with Crippen LogP contribution in [0, 0.1) is 12.3 Å². The smallest absolute Gasteiger partial charge is 0.00789 e. The molecule has 0 radical (unpaired) electrons. The van der Waals surface area contributed by atoms with Crippen LogP contribution < -0.4 is 5.32 Å². The highest BCUT2D eigenvalue weighted by molar-refractivity contribution is 5.27. The molecular weight excluding hydrogens is 254 g/mol. The molecule has 1 aliphatic carbocycles. The molecule has 2 rings (SSSR count). The molecule has 0 bridgehead atoms. The average molecular weight is 287 g/mol. The van der Waals surface area contributed by atoms with Crippen molar-refractivity contribution in [3.63, 3.8) is 0 Å². The van der Waals surface area contributed by atoms with Crippen LogP contribution in [0.25, 0.3) is 0 Å². The normalized spacial score (nSPS) is 22.1. The van der Waals surface area contributed by atoms with E-state index in [0.717, 1.165) is 12.0 Å². The maximum atomic E-state index is 3.80. The summed E-state index contributed by atoms with van der Waals surface area (Å²) in [7, 11) is 0. The molecule has 1 aromatic carbocycles. The van der Waals surface area contributed by atoms with Gasteiger partial charge in [0, 0.05) is 12.6 Å². The number of nitrogens with one attached hydrogen (secondary N) is 1. The second-order valence-corrected chi connectivity index (χ2v) is 7.78. The molecule has 21 heavy (non-hydrogen) atoms. The molecule has 0 atom stereocenters. The molecular formula is C20H33N. The Balaban J connectivity index is 1.68. The van der Waals surface area contributed by atoms with E-state index in [0.29, 0.717) is 5.41 Å². The first-order valence-electron chi connectivity index (χ1n) is 8.80. The Bertz CT molecular complexity index is 429. The molecule has 1 aromatic rings. The average Bonchev–Trinajstić information content (AvgIpc) is 2.37. The molecule has 0 aliphatic heterocycles. The summed E-state index contributed by atoms with van der Waals surface area (Å²) in [6.07, 6.45) is 8.05. The summed E-state index contributed by atoms with van der Waals surface area (Å²) < 4.78 is 0. The molecule has 1 heteroatoms. The quantitative estimate of drug-likeness (QED) is 0.628. The van der Waals surface area contributed by atoms with Crippen LogP contribution in [0.1, 0.15) is 76.3 Å². The molecule has 1 N–H and O–H groups in total. The Kier molecular flexibility index (Phi) is 5.87. The zero-order valence-electron chi connectivity index (χ0n) is 14.4. The molecule has 0 unspecified atom stereocenters. The van der Waals surface area contributed by atoms with Gasteiger partial charge in [-0.15, -0.1) is 0 Å². The third-order valence-corrected chi connectivity index (χ3v) is 4.98. The van der Waals surface area contributed by atoms with Crippen molar-refractivity contribution in [3.05, 3.63) is 35.4 Å². The van der Waals surface area contributed by atoms with Crippen LogP contribution in [0.15, 0.2) is 24.3 Å². The second kappa shape index (κ2) is 7.45. The molecule has 1 aliphatic rings. The van der Waals surface area contributed by atoms with Gasteiger partial charge in [0.1, 0.15) is 0 Å². The van der Waals surface area contributed by atoms with Gasteiger partial charge in [-0.3, -0.25) is 0 Å². The standard InChI is InChI=1S/C20H33N/c1-5-6-7-11-20(3,4)15-21-19-13-18(14-19)17-10-8-9-16(2)12-17/h8-10,12,18-19,21H,5-7,11,13-15H2,1-4H3. The van der Waals surface area contributed by atoms with Crippen molar-refractivity contribution in [2.24, 2.45) is 5.41 Å². The fraction of sp³-hybridized carbons (Fsp3) is 0.700. The van der Waals surface area contributed by atoms with Gasteiger partial charge in [-0.2, -0.15) is 0 Å². The van der Waals surface area contributed by atoms with Gasteiger partial charge in [-0.05, 0) is 43.1 Å². The third-order valence-electron chi connectivity index (χ3n) is 4.98. The summed E-state index contributed by atoms with van der Waals surface area (Å²) in [5.74, 6) is 0.783. The number of hydrogen-bond acceptors (Lipinski definition) is 1. The van der Waals surface area contributed by atoms with Crippen molar-refractivity contribution in [2.75, 3.05) is 6.54 Å². The Morgan fingerprint density at radius 2 is 1.95 bits per heavy atom. The summed E-state index contributed by atoms with van der Waals surface area (Å²) in [4.78, 5) is 0. The van der Waals surface area contributed by atoms with Gasteiger partial charge >= 0.3 is 0 Å². The monoisotopic (exact) mass is 287 g/mol. The van der Waals surface area contributed by atoms with Crippen molar-refractivity contribution < 1.29 is 0 Å². The van der Waals surface area contributed by atoms with Gasteiger partial charge in [-0.25, -0.2) is 0 Å². The summed E-state index contributed by atoms with van der Waals surface area (Å²) in [5, 5.41) is 3.80. The van der Waals surface area contributed by atoms with Gasteiger partial charge in [0.25, 0.3) is 0 Å². The highest BCUT2D eigenvalue weighted by atomic mass is 14.9. The van der Waals surface area contributed by atoms with E-state index in [4.69, 9.17) is 0 Å². The minimum absolute atomic E-state index is 0.448. The van der Waals surface area contributed by atoms with Crippen molar-refractivity contribution >= 4 is 0 Å². The molecule has 1 saturated carbocycles. The van der Waals surface area contributed by atoms with E-state index < -0.39 is 0 Å². The lowest BCUT2D eigenvalue weighted by molar-refractivity contribution is 0.231. The summed E-state index contributed by atoms with van der Waals surface area (Å²) >= 11 is 0. The topological polar surface area (TPSA) is 12.0 Å². The van der Waals surface area contributed by atoms with Gasteiger partial charge in [0.05, 0.1) is 0 Å². The second-order valence-electron chi connectivity index (χ2n) is 7.78. The number of rotatable bonds is 8. The van der Waals surface area contributed by atoms with E-state index in [1.165, 1.54) is 56.2 Å². The zero-order chi connectivity index (χ0) is 15.3. The Morgan fingerprint density at radius 1 is 1.19 bits per heavy atom. The predicted octanol–water partition coefficient (Wildman–Crippen LogP) is 5.44. The van der Waals surface area contributed by atoms with Crippen molar-refractivity contribution in [2.45, 2.75) is 78.2 Å². The molecule has 1 fully saturated rings. The lowest BCUT2D eigenvalue weighted by Gasteiger charge is -2.39. The van der Waals surface area contributed by atoms with Crippen LogP contribution in [0.5, 0.6) is 0 Å². The molecule has 0 amide bonds. The summed E-state index contributed by atoms with van der Waals surface area (Å²) in [5.41, 5.74) is 3.38. The van der Waals surface area contributed by atoms with Gasteiger partial charge < -0.3 is 5.32 Å². The van der Waals surface area contributed by atoms with E-state index in [1.54, 1.807) is 0 Å². The molecule has 1 nitrogen and oxygen atoms in total. The first-order chi connectivity index (χ1) is 10.00.